The third-order valence-corrected chi connectivity index (χ3v) is 9.20. The number of piperazine rings is 1. The Kier molecular flexibility index (Phi) is 8.80. The SMILES string of the molecule is Cc1nc2c(cnn2C(C)C)c(C)c1CCC(=O)N1C[C@@H](C)N(Cc2cn([C@@H](C)c3ccc(F)c(Br)c3)nn2)[C@@H](C)C1. The second kappa shape index (κ2) is 12.2. The fourth-order valence-corrected chi connectivity index (χ4v) is 6.48. The molecule has 42 heavy (non-hydrogen) atoms. The number of fused-ring (bicyclic) bond motifs is 1. The number of nitrogens with zero attached hydrogens (tertiary/aromatic N) is 8. The van der Waals surface area contributed by atoms with Gasteiger partial charge in [0.05, 0.1) is 28.6 Å². The molecule has 0 spiro atoms. The van der Waals surface area contributed by atoms with Crippen molar-refractivity contribution in [3.8, 4) is 0 Å². The van der Waals surface area contributed by atoms with Gasteiger partial charge in [0.1, 0.15) is 5.82 Å². The number of pyridine rings is 1. The van der Waals surface area contributed by atoms with E-state index in [-0.39, 0.29) is 35.9 Å². The number of carbonyl (C=O) groups excluding carboxylic acids is 1. The molecule has 1 aliphatic heterocycles. The van der Waals surface area contributed by atoms with E-state index in [9.17, 15) is 9.18 Å². The fraction of sp³-hybridized carbons (Fsp3) is 0.516. The standard InChI is InChI=1S/C31H40BrFN8O/c1-18(2)41-31-27(13-34-41)21(5)26(22(6)35-31)9-11-30(42)38-14-19(3)39(20(4)15-38)16-25-17-40(37-36-25)23(7)24-8-10-29(33)28(32)12-24/h8,10,12-13,17-20,23H,9,11,14-16H2,1-7H3/t19-,20+,23-/m0/s1. The number of rotatable bonds is 8. The van der Waals surface area contributed by atoms with E-state index in [1.54, 1.807) is 12.1 Å². The molecule has 4 heterocycles. The van der Waals surface area contributed by atoms with Crippen LogP contribution in [0.2, 0.25) is 0 Å². The molecule has 0 saturated carbocycles. The van der Waals surface area contributed by atoms with Gasteiger partial charge < -0.3 is 4.90 Å². The van der Waals surface area contributed by atoms with Gasteiger partial charge in [0.2, 0.25) is 5.91 Å². The summed E-state index contributed by atoms with van der Waals surface area (Å²) in [5.74, 6) is -0.111. The Balaban J connectivity index is 1.20. The molecule has 0 bridgehead atoms. The largest absolute Gasteiger partial charge is 0.340 e. The van der Waals surface area contributed by atoms with Crippen LogP contribution < -0.4 is 0 Å². The van der Waals surface area contributed by atoms with Crippen LogP contribution in [-0.2, 0) is 17.8 Å². The van der Waals surface area contributed by atoms with Crippen molar-refractivity contribution < 1.29 is 9.18 Å². The summed E-state index contributed by atoms with van der Waals surface area (Å²) in [6.45, 7) is 16.7. The molecule has 1 saturated heterocycles. The van der Waals surface area contributed by atoms with Crippen molar-refractivity contribution in [1.82, 2.24) is 39.6 Å². The Morgan fingerprint density at radius 2 is 1.86 bits per heavy atom. The lowest BCUT2D eigenvalue weighted by molar-refractivity contribution is -0.135. The third-order valence-electron chi connectivity index (χ3n) is 8.59. The third kappa shape index (κ3) is 5.99. The Labute approximate surface area is 255 Å². The van der Waals surface area contributed by atoms with Gasteiger partial charge in [-0.15, -0.1) is 5.10 Å². The number of aromatic nitrogens is 6. The summed E-state index contributed by atoms with van der Waals surface area (Å²) in [6, 6.07) is 5.52. The number of benzene rings is 1. The van der Waals surface area contributed by atoms with E-state index >= 15 is 0 Å². The van der Waals surface area contributed by atoms with Crippen molar-refractivity contribution in [2.75, 3.05) is 13.1 Å². The van der Waals surface area contributed by atoms with E-state index in [0.717, 1.165) is 39.1 Å². The Hall–Kier alpha value is -3.18. The van der Waals surface area contributed by atoms with E-state index in [1.165, 1.54) is 6.07 Å². The van der Waals surface area contributed by atoms with Crippen LogP contribution in [-0.4, -0.2) is 70.6 Å². The van der Waals surface area contributed by atoms with E-state index in [1.807, 2.05) is 40.5 Å². The van der Waals surface area contributed by atoms with Crippen molar-refractivity contribution in [1.29, 1.82) is 0 Å². The summed E-state index contributed by atoms with van der Waals surface area (Å²) < 4.78 is 17.9. The lowest BCUT2D eigenvalue weighted by atomic mass is 9.99. The summed E-state index contributed by atoms with van der Waals surface area (Å²) in [7, 11) is 0. The fourth-order valence-electron chi connectivity index (χ4n) is 6.09. The molecule has 1 amide bonds. The zero-order valence-electron chi connectivity index (χ0n) is 25.5. The van der Waals surface area contributed by atoms with Gasteiger partial charge in [-0.05, 0) is 99.6 Å². The summed E-state index contributed by atoms with van der Waals surface area (Å²) in [5.41, 5.74) is 6.00. The van der Waals surface area contributed by atoms with Gasteiger partial charge in [0, 0.05) is 55.3 Å². The van der Waals surface area contributed by atoms with Crippen LogP contribution in [0.25, 0.3) is 11.0 Å². The van der Waals surface area contributed by atoms with Gasteiger partial charge in [0.15, 0.2) is 5.65 Å². The highest BCUT2D eigenvalue weighted by molar-refractivity contribution is 9.10. The first-order valence-electron chi connectivity index (χ1n) is 14.7. The first kappa shape index (κ1) is 30.3. The second-order valence-electron chi connectivity index (χ2n) is 11.9. The van der Waals surface area contributed by atoms with Gasteiger partial charge in [-0.1, -0.05) is 11.3 Å². The minimum Gasteiger partial charge on any atom is -0.340 e. The minimum absolute atomic E-state index is 0.0814. The van der Waals surface area contributed by atoms with Gasteiger partial charge in [-0.25, -0.2) is 18.7 Å². The molecule has 9 nitrogen and oxygen atoms in total. The van der Waals surface area contributed by atoms with E-state index in [2.05, 4.69) is 70.9 Å². The summed E-state index contributed by atoms with van der Waals surface area (Å²) >= 11 is 3.27. The first-order valence-corrected chi connectivity index (χ1v) is 15.5. The van der Waals surface area contributed by atoms with Crippen molar-refractivity contribution in [2.45, 2.75) is 92.0 Å². The molecule has 3 atom stereocenters. The maximum absolute atomic E-state index is 13.7. The lowest BCUT2D eigenvalue weighted by Crippen LogP contribution is -2.57. The Morgan fingerprint density at radius 3 is 2.52 bits per heavy atom. The molecular formula is C31H40BrFN8O. The molecule has 4 aromatic rings. The molecule has 224 valence electrons. The number of halogens is 2. The zero-order valence-corrected chi connectivity index (χ0v) is 27.1. The molecule has 0 N–H and O–H groups in total. The quantitative estimate of drug-likeness (QED) is 0.243. The minimum atomic E-state index is -0.288. The van der Waals surface area contributed by atoms with Crippen LogP contribution in [0.15, 0.2) is 35.1 Å². The van der Waals surface area contributed by atoms with Crippen LogP contribution in [0.1, 0.15) is 81.2 Å². The summed E-state index contributed by atoms with van der Waals surface area (Å²) in [6.07, 6.45) is 4.98. The topological polar surface area (TPSA) is 85.0 Å². The van der Waals surface area contributed by atoms with Crippen LogP contribution in [0, 0.1) is 19.7 Å². The molecule has 0 unspecified atom stereocenters. The van der Waals surface area contributed by atoms with Crippen LogP contribution in [0.5, 0.6) is 0 Å². The number of amides is 1. The molecule has 1 fully saturated rings. The molecule has 0 aliphatic carbocycles. The normalized spacial score (nSPS) is 18.8. The average molecular weight is 640 g/mol. The average Bonchev–Trinajstić information content (AvgIpc) is 3.59. The molecule has 5 rings (SSSR count). The van der Waals surface area contributed by atoms with Crippen LogP contribution in [0.4, 0.5) is 4.39 Å². The number of aryl methyl sites for hydroxylation is 2. The van der Waals surface area contributed by atoms with Gasteiger partial charge in [-0.2, -0.15) is 5.10 Å². The van der Waals surface area contributed by atoms with Gasteiger partial charge in [0.25, 0.3) is 0 Å². The highest BCUT2D eigenvalue weighted by atomic mass is 79.9. The highest BCUT2D eigenvalue weighted by Crippen LogP contribution is 2.27. The van der Waals surface area contributed by atoms with E-state index < -0.39 is 0 Å². The van der Waals surface area contributed by atoms with Crippen molar-refractivity contribution in [3.05, 3.63) is 69.0 Å². The monoisotopic (exact) mass is 638 g/mol. The Bertz CT molecular complexity index is 1590. The smallest absolute Gasteiger partial charge is 0.223 e. The lowest BCUT2D eigenvalue weighted by Gasteiger charge is -2.44. The summed E-state index contributed by atoms with van der Waals surface area (Å²) in [5, 5.41) is 14.4. The molecule has 1 aromatic carbocycles. The number of hydrogen-bond acceptors (Lipinski definition) is 6. The molecule has 0 radical (unpaired) electrons. The maximum Gasteiger partial charge on any atom is 0.223 e. The maximum atomic E-state index is 13.7. The molecule has 11 heteroatoms. The molecule has 1 aliphatic rings. The predicted molar refractivity (Wildman–Crippen MR) is 165 cm³/mol. The van der Waals surface area contributed by atoms with Crippen molar-refractivity contribution in [2.24, 2.45) is 0 Å². The van der Waals surface area contributed by atoms with Crippen molar-refractivity contribution in [3.63, 3.8) is 0 Å². The molecular weight excluding hydrogens is 599 g/mol. The zero-order chi connectivity index (χ0) is 30.3. The van der Waals surface area contributed by atoms with Gasteiger partial charge in [-0.3, -0.25) is 9.69 Å². The first-order chi connectivity index (χ1) is 19.9. The number of hydrogen-bond donors (Lipinski definition) is 0. The number of carbonyl (C=O) groups is 1. The Morgan fingerprint density at radius 1 is 1.14 bits per heavy atom. The highest BCUT2D eigenvalue weighted by Gasteiger charge is 2.32. The van der Waals surface area contributed by atoms with Crippen molar-refractivity contribution >= 4 is 32.9 Å². The molecule has 3 aromatic heterocycles. The van der Waals surface area contributed by atoms with Gasteiger partial charge >= 0.3 is 0 Å². The van der Waals surface area contributed by atoms with E-state index in [4.69, 9.17) is 4.98 Å². The predicted octanol–water partition coefficient (Wildman–Crippen LogP) is 5.79. The second-order valence-corrected chi connectivity index (χ2v) is 12.8. The van der Waals surface area contributed by atoms with E-state index in [0.29, 0.717) is 36.9 Å². The van der Waals surface area contributed by atoms with Crippen LogP contribution in [0.3, 0.4) is 0 Å². The summed E-state index contributed by atoms with van der Waals surface area (Å²) in [4.78, 5) is 22.6. The van der Waals surface area contributed by atoms with Crippen LogP contribution >= 0.6 is 15.9 Å².